The monoisotopic (exact) mass is 711 g/mol. The number of nitrogens with one attached hydrogen (secondary N) is 1. The Morgan fingerprint density at radius 1 is 1.00 bits per heavy atom. The largest absolute Gasteiger partial charge is 0.399 e. The lowest BCUT2D eigenvalue weighted by atomic mass is 10.0. The number of aryl methyl sites for hydroxylation is 1. The number of rotatable bonds is 10. The van der Waals surface area contributed by atoms with Gasteiger partial charge in [-0.2, -0.15) is 8.78 Å². The number of ether oxygens (including phenoxy) is 1. The molecule has 10 nitrogen and oxygen atoms in total. The Hall–Kier alpha value is -4.00. The molecule has 2 saturated heterocycles. The lowest BCUT2D eigenvalue weighted by molar-refractivity contribution is -0.149. The van der Waals surface area contributed by atoms with Gasteiger partial charge in [0.1, 0.15) is 18.2 Å². The third-order valence-electron chi connectivity index (χ3n) is 8.99. The Labute approximate surface area is 285 Å². The number of hydrogen-bond donors (Lipinski definition) is 3. The third kappa shape index (κ3) is 7.61. The summed E-state index contributed by atoms with van der Waals surface area (Å²) >= 11 is 1.01. The van der Waals surface area contributed by atoms with E-state index in [0.717, 1.165) is 34.6 Å². The Balaban J connectivity index is 1.21. The van der Waals surface area contributed by atoms with Crippen molar-refractivity contribution in [2.75, 3.05) is 26.2 Å². The van der Waals surface area contributed by atoms with Crippen LogP contribution in [0.25, 0.3) is 10.1 Å². The van der Waals surface area contributed by atoms with Crippen LogP contribution in [0.15, 0.2) is 84.9 Å². The molecule has 6 rings (SSSR count). The fourth-order valence-electron chi connectivity index (χ4n) is 6.37. The van der Waals surface area contributed by atoms with Crippen molar-refractivity contribution in [3.8, 4) is 0 Å². The van der Waals surface area contributed by atoms with E-state index in [-0.39, 0.29) is 34.6 Å². The fraction of sp³-hybridized carbons (Fsp3) is 0.343. The number of morpholine rings is 1. The van der Waals surface area contributed by atoms with Crippen molar-refractivity contribution in [3.05, 3.63) is 106 Å². The Morgan fingerprint density at radius 2 is 1.71 bits per heavy atom. The highest BCUT2D eigenvalue weighted by Crippen LogP contribution is 2.59. The second kappa shape index (κ2) is 14.5. The molecule has 3 unspecified atom stereocenters. The summed E-state index contributed by atoms with van der Waals surface area (Å²) in [6.07, 6.45) is 1.58. The highest BCUT2D eigenvalue weighted by molar-refractivity contribution is 7.52. The standard InChI is InChI=1S/C35H36F2N3O7PS/c36-35(37,48(44,45)46)26-14-16-30-25(20-26)21-31(49-30)32(41)38-27(15-13-23-8-3-1-4-9-23)33(42)40-17-7-12-28(40)34(43)39-18-19-47-29(22-39)24-10-5-2-6-11-24/h1-6,8-11,14,16,20-21,27-29H,7,12-13,15,17-19,22H2,(H,38,41)(H2,44,45,46). The maximum atomic E-state index is 14.4. The minimum atomic E-state index is -5.78. The van der Waals surface area contributed by atoms with E-state index in [1.54, 1.807) is 9.80 Å². The first kappa shape index (κ1) is 34.8. The SMILES string of the molecule is O=C(NC(CCc1ccccc1)C(=O)N1CCCC1C(=O)N1CCOC(c2ccccc2)C1)c1cc2cc(C(F)(F)P(=O)(O)O)ccc2s1. The summed E-state index contributed by atoms with van der Waals surface area (Å²) < 4.78 is 46.6. The molecule has 4 aromatic rings. The minimum Gasteiger partial charge on any atom is -0.370 e. The number of carbonyl (C=O) groups is 3. The molecule has 2 aliphatic heterocycles. The number of amides is 3. The average molecular weight is 712 g/mol. The predicted octanol–water partition coefficient (Wildman–Crippen LogP) is 5.45. The van der Waals surface area contributed by atoms with Crippen molar-refractivity contribution in [1.29, 1.82) is 0 Å². The molecule has 0 radical (unpaired) electrons. The van der Waals surface area contributed by atoms with Gasteiger partial charge in [-0.1, -0.05) is 66.7 Å². The number of thiophene rings is 1. The molecule has 14 heteroatoms. The van der Waals surface area contributed by atoms with E-state index in [1.807, 2.05) is 60.7 Å². The lowest BCUT2D eigenvalue weighted by Crippen LogP contribution is -2.55. The second-order valence-electron chi connectivity index (χ2n) is 12.2. The maximum absolute atomic E-state index is 14.4. The van der Waals surface area contributed by atoms with Gasteiger partial charge in [-0.15, -0.1) is 11.3 Å². The van der Waals surface area contributed by atoms with Crippen LogP contribution in [-0.4, -0.2) is 75.6 Å². The van der Waals surface area contributed by atoms with Crippen molar-refractivity contribution in [2.24, 2.45) is 0 Å². The van der Waals surface area contributed by atoms with Gasteiger partial charge in [-0.3, -0.25) is 18.9 Å². The number of hydrogen-bond acceptors (Lipinski definition) is 6. The zero-order valence-electron chi connectivity index (χ0n) is 26.4. The normalized spacial score (nSPS) is 19.2. The highest BCUT2D eigenvalue weighted by atomic mass is 32.1. The lowest BCUT2D eigenvalue weighted by Gasteiger charge is -2.37. The Morgan fingerprint density at radius 3 is 2.43 bits per heavy atom. The van der Waals surface area contributed by atoms with Crippen molar-refractivity contribution in [2.45, 2.75) is 49.5 Å². The maximum Gasteiger partial charge on any atom is 0.399 e. The van der Waals surface area contributed by atoms with Crippen molar-refractivity contribution in [3.63, 3.8) is 0 Å². The van der Waals surface area contributed by atoms with Crippen LogP contribution in [0.4, 0.5) is 8.78 Å². The number of carbonyl (C=O) groups excluding carboxylic acids is 3. The van der Waals surface area contributed by atoms with E-state index in [2.05, 4.69) is 5.32 Å². The van der Waals surface area contributed by atoms with E-state index in [9.17, 15) is 27.7 Å². The van der Waals surface area contributed by atoms with Gasteiger partial charge in [0.2, 0.25) is 11.8 Å². The summed E-state index contributed by atoms with van der Waals surface area (Å²) in [4.78, 5) is 63.4. The molecule has 2 aliphatic rings. The molecule has 3 N–H and O–H groups in total. The van der Waals surface area contributed by atoms with E-state index in [4.69, 9.17) is 14.5 Å². The van der Waals surface area contributed by atoms with Gasteiger partial charge in [0, 0.05) is 23.4 Å². The Bertz CT molecular complexity index is 1870. The fourth-order valence-corrected chi connectivity index (χ4v) is 7.79. The van der Waals surface area contributed by atoms with Crippen LogP contribution in [0, 0.1) is 0 Å². The van der Waals surface area contributed by atoms with Gasteiger partial charge in [0.15, 0.2) is 0 Å². The summed E-state index contributed by atoms with van der Waals surface area (Å²) in [6, 6.07) is 22.0. The number of likely N-dealkylation sites (tertiary alicyclic amines) is 1. The van der Waals surface area contributed by atoms with Crippen molar-refractivity contribution in [1.82, 2.24) is 15.1 Å². The molecule has 3 amide bonds. The molecule has 3 atom stereocenters. The van der Waals surface area contributed by atoms with E-state index in [1.165, 1.54) is 12.1 Å². The van der Waals surface area contributed by atoms with Crippen molar-refractivity contribution >= 4 is 46.7 Å². The minimum absolute atomic E-state index is 0.137. The van der Waals surface area contributed by atoms with Crippen LogP contribution in [0.5, 0.6) is 0 Å². The van der Waals surface area contributed by atoms with Crippen LogP contribution in [0.2, 0.25) is 0 Å². The van der Waals surface area contributed by atoms with E-state index in [0.29, 0.717) is 50.2 Å². The van der Waals surface area contributed by atoms with Gasteiger partial charge < -0.3 is 29.6 Å². The number of fused-ring (bicyclic) bond motifs is 1. The molecule has 0 aliphatic carbocycles. The molecular weight excluding hydrogens is 675 g/mol. The van der Waals surface area contributed by atoms with Crippen LogP contribution in [-0.2, 0) is 31.0 Å². The first-order valence-corrected chi connectivity index (χ1v) is 18.4. The summed E-state index contributed by atoms with van der Waals surface area (Å²) in [5, 5.41) is 3.05. The van der Waals surface area contributed by atoms with Crippen LogP contribution in [0.3, 0.4) is 0 Å². The summed E-state index contributed by atoms with van der Waals surface area (Å²) in [5.41, 5.74) is -3.33. The van der Waals surface area contributed by atoms with E-state index >= 15 is 0 Å². The molecule has 3 heterocycles. The van der Waals surface area contributed by atoms with Gasteiger partial charge in [0.25, 0.3) is 5.91 Å². The molecule has 2 fully saturated rings. The summed E-state index contributed by atoms with van der Waals surface area (Å²) in [6.45, 7) is 1.50. The van der Waals surface area contributed by atoms with E-state index < -0.39 is 36.8 Å². The zero-order chi connectivity index (χ0) is 34.8. The molecular formula is C35H36F2N3O7PS. The number of halogens is 2. The number of nitrogens with zero attached hydrogens (tertiary/aromatic N) is 2. The molecule has 0 spiro atoms. The summed E-state index contributed by atoms with van der Waals surface area (Å²) in [5.74, 6) is -1.13. The highest BCUT2D eigenvalue weighted by Gasteiger charge is 2.50. The molecule has 1 aromatic heterocycles. The summed E-state index contributed by atoms with van der Waals surface area (Å²) in [7, 11) is -5.78. The smallest absolute Gasteiger partial charge is 0.370 e. The van der Waals surface area contributed by atoms with Crippen LogP contribution >= 0.6 is 18.9 Å². The first-order chi connectivity index (χ1) is 23.4. The topological polar surface area (TPSA) is 136 Å². The predicted molar refractivity (Wildman–Crippen MR) is 180 cm³/mol. The van der Waals surface area contributed by atoms with Gasteiger partial charge >= 0.3 is 13.3 Å². The molecule has 49 heavy (non-hydrogen) atoms. The first-order valence-electron chi connectivity index (χ1n) is 16.0. The zero-order valence-corrected chi connectivity index (χ0v) is 28.1. The molecule has 0 saturated carbocycles. The van der Waals surface area contributed by atoms with Crippen LogP contribution in [0.1, 0.15) is 51.7 Å². The Kier molecular flexibility index (Phi) is 10.3. The quantitative estimate of drug-likeness (QED) is 0.186. The van der Waals surface area contributed by atoms with Gasteiger partial charge in [-0.05, 0) is 60.4 Å². The van der Waals surface area contributed by atoms with Gasteiger partial charge in [0.05, 0.1) is 18.0 Å². The molecule has 0 bridgehead atoms. The molecule has 258 valence electrons. The van der Waals surface area contributed by atoms with Crippen LogP contribution < -0.4 is 5.32 Å². The van der Waals surface area contributed by atoms with Crippen molar-refractivity contribution < 1.29 is 42.3 Å². The second-order valence-corrected chi connectivity index (χ2v) is 15.0. The average Bonchev–Trinajstić information content (AvgIpc) is 3.77. The third-order valence-corrected chi connectivity index (χ3v) is 11.1. The number of benzene rings is 3. The van der Waals surface area contributed by atoms with Gasteiger partial charge in [-0.25, -0.2) is 0 Å². The number of alkyl halides is 2. The molecule has 3 aromatic carbocycles.